The Morgan fingerprint density at radius 1 is 1.16 bits per heavy atom. The van der Waals surface area contributed by atoms with Crippen LogP contribution in [0.25, 0.3) is 32.9 Å². The maximum atomic E-state index is 9.67. The molecule has 1 aliphatic heterocycles. The van der Waals surface area contributed by atoms with Crippen LogP contribution in [0.1, 0.15) is 5.69 Å². The molecule has 0 unspecified atom stereocenters. The number of fused-ring (bicyclic) bond motifs is 2. The number of hydrogen-bond acceptors (Lipinski definition) is 6. The smallest absolute Gasteiger partial charge is 0.271 e. The first kappa shape index (κ1) is 14.4. The molecule has 4 aromatic rings. The molecule has 1 aromatic carbocycles. The Labute approximate surface area is 147 Å². The highest BCUT2D eigenvalue weighted by molar-refractivity contribution is 7.20. The average Bonchev–Trinajstić information content (AvgIpc) is 3.26. The van der Waals surface area contributed by atoms with Crippen molar-refractivity contribution in [2.45, 2.75) is 13.5 Å². The lowest BCUT2D eigenvalue weighted by Gasteiger charge is -2.08. The number of pyridine rings is 1. The van der Waals surface area contributed by atoms with Crippen LogP contribution < -0.4 is 5.32 Å². The molecule has 0 spiro atoms. The SMILES string of the molecule is Cc1cccc(-c2nc3n(c2-c2ccc4nc(O)sc4c2)CCN3)n1. The number of anilines is 1. The van der Waals surface area contributed by atoms with E-state index in [0.717, 1.165) is 57.6 Å². The second kappa shape index (κ2) is 5.29. The molecule has 0 bridgehead atoms. The van der Waals surface area contributed by atoms with Gasteiger partial charge in [-0.3, -0.25) is 4.98 Å². The Hall–Kier alpha value is -2.93. The summed E-state index contributed by atoms with van der Waals surface area (Å²) in [5.41, 5.74) is 5.61. The lowest BCUT2D eigenvalue weighted by molar-refractivity contribution is 0.472. The molecule has 0 amide bonds. The maximum absolute atomic E-state index is 9.67. The van der Waals surface area contributed by atoms with Crippen molar-refractivity contribution in [1.82, 2.24) is 19.5 Å². The van der Waals surface area contributed by atoms with Crippen LogP contribution in [0.3, 0.4) is 0 Å². The molecule has 6 nitrogen and oxygen atoms in total. The number of aromatic hydroxyl groups is 1. The Morgan fingerprint density at radius 2 is 2.08 bits per heavy atom. The van der Waals surface area contributed by atoms with Gasteiger partial charge in [0, 0.05) is 24.3 Å². The fourth-order valence-electron chi connectivity index (χ4n) is 3.29. The fourth-order valence-corrected chi connectivity index (χ4v) is 4.04. The van der Waals surface area contributed by atoms with Gasteiger partial charge in [-0.2, -0.15) is 0 Å². The Balaban J connectivity index is 1.76. The molecule has 1 aliphatic rings. The van der Waals surface area contributed by atoms with Gasteiger partial charge in [-0.15, -0.1) is 0 Å². The van der Waals surface area contributed by atoms with E-state index in [1.165, 1.54) is 11.3 Å². The fraction of sp³-hybridized carbons (Fsp3) is 0.167. The molecule has 0 aliphatic carbocycles. The molecule has 0 radical (unpaired) electrons. The molecule has 3 aromatic heterocycles. The summed E-state index contributed by atoms with van der Waals surface area (Å²) < 4.78 is 3.15. The normalized spacial score (nSPS) is 13.2. The van der Waals surface area contributed by atoms with Crippen LogP contribution in [0, 0.1) is 6.92 Å². The van der Waals surface area contributed by atoms with Crippen molar-refractivity contribution < 1.29 is 5.11 Å². The van der Waals surface area contributed by atoms with E-state index < -0.39 is 0 Å². The molecule has 0 saturated carbocycles. The van der Waals surface area contributed by atoms with Gasteiger partial charge in [-0.1, -0.05) is 23.5 Å². The standard InChI is InChI=1S/C18H15N5OS/c1-10-3-2-4-13(20-10)15-16(23-8-7-19-17(23)22-15)11-5-6-12-14(9-11)25-18(24)21-12/h2-6,9H,7-8H2,1H3,(H,19,22)(H,21,24). The van der Waals surface area contributed by atoms with Crippen molar-refractivity contribution >= 4 is 27.5 Å². The van der Waals surface area contributed by atoms with E-state index in [4.69, 9.17) is 4.98 Å². The van der Waals surface area contributed by atoms with E-state index in [1.54, 1.807) is 0 Å². The molecule has 7 heteroatoms. The van der Waals surface area contributed by atoms with Crippen molar-refractivity contribution in [3.8, 4) is 27.8 Å². The lowest BCUT2D eigenvalue weighted by atomic mass is 10.1. The van der Waals surface area contributed by atoms with Gasteiger partial charge in [-0.05, 0) is 31.2 Å². The van der Waals surface area contributed by atoms with Gasteiger partial charge < -0.3 is 15.0 Å². The number of thiazole rings is 1. The number of aromatic nitrogens is 4. The number of aryl methyl sites for hydroxylation is 1. The van der Waals surface area contributed by atoms with Crippen molar-refractivity contribution in [2.75, 3.05) is 11.9 Å². The minimum atomic E-state index is 0.0907. The van der Waals surface area contributed by atoms with Crippen molar-refractivity contribution in [1.29, 1.82) is 0 Å². The van der Waals surface area contributed by atoms with Crippen LogP contribution in [-0.2, 0) is 6.54 Å². The van der Waals surface area contributed by atoms with Crippen LogP contribution in [0.2, 0.25) is 0 Å². The van der Waals surface area contributed by atoms with E-state index >= 15 is 0 Å². The first-order valence-corrected chi connectivity index (χ1v) is 8.89. The van der Waals surface area contributed by atoms with Gasteiger partial charge in [0.1, 0.15) is 5.69 Å². The maximum Gasteiger partial charge on any atom is 0.271 e. The van der Waals surface area contributed by atoms with E-state index in [1.807, 2.05) is 37.3 Å². The Kier molecular flexibility index (Phi) is 3.05. The largest absolute Gasteiger partial charge is 0.486 e. The summed E-state index contributed by atoms with van der Waals surface area (Å²) in [6, 6.07) is 12.0. The van der Waals surface area contributed by atoms with Crippen molar-refractivity contribution in [2.24, 2.45) is 0 Å². The molecule has 5 rings (SSSR count). The minimum Gasteiger partial charge on any atom is -0.486 e. The molecule has 0 fully saturated rings. The van der Waals surface area contributed by atoms with Crippen molar-refractivity contribution in [3.63, 3.8) is 0 Å². The predicted octanol–water partition coefficient (Wildman–Crippen LogP) is 3.66. The van der Waals surface area contributed by atoms with Gasteiger partial charge in [0.2, 0.25) is 5.95 Å². The summed E-state index contributed by atoms with van der Waals surface area (Å²) >= 11 is 1.28. The van der Waals surface area contributed by atoms with E-state index in [9.17, 15) is 5.11 Å². The Morgan fingerprint density at radius 3 is 2.96 bits per heavy atom. The Bertz CT molecular complexity index is 1110. The highest BCUT2D eigenvalue weighted by Crippen LogP contribution is 2.38. The van der Waals surface area contributed by atoms with Crippen LogP contribution in [0.15, 0.2) is 36.4 Å². The van der Waals surface area contributed by atoms with Gasteiger partial charge in [0.05, 0.1) is 21.6 Å². The summed E-state index contributed by atoms with van der Waals surface area (Å²) in [4.78, 5) is 13.6. The summed E-state index contributed by atoms with van der Waals surface area (Å²) in [6.45, 7) is 3.73. The predicted molar refractivity (Wildman–Crippen MR) is 99.0 cm³/mol. The zero-order valence-corrected chi connectivity index (χ0v) is 14.3. The molecule has 25 heavy (non-hydrogen) atoms. The van der Waals surface area contributed by atoms with Gasteiger partial charge in [0.25, 0.3) is 5.19 Å². The molecular weight excluding hydrogens is 334 g/mol. The average molecular weight is 349 g/mol. The minimum absolute atomic E-state index is 0.0907. The van der Waals surface area contributed by atoms with Crippen molar-refractivity contribution in [3.05, 3.63) is 42.1 Å². The second-order valence-corrected chi connectivity index (χ2v) is 7.06. The topological polar surface area (TPSA) is 75.9 Å². The molecule has 0 saturated heterocycles. The van der Waals surface area contributed by atoms with Gasteiger partial charge >= 0.3 is 0 Å². The lowest BCUT2D eigenvalue weighted by Crippen LogP contribution is -1.99. The highest BCUT2D eigenvalue weighted by Gasteiger charge is 2.24. The third-order valence-electron chi connectivity index (χ3n) is 4.37. The monoisotopic (exact) mass is 349 g/mol. The number of nitrogens with zero attached hydrogens (tertiary/aromatic N) is 4. The van der Waals surface area contributed by atoms with E-state index in [2.05, 4.69) is 25.9 Å². The van der Waals surface area contributed by atoms with Crippen LogP contribution in [-0.4, -0.2) is 31.2 Å². The van der Waals surface area contributed by atoms with Crippen LogP contribution >= 0.6 is 11.3 Å². The van der Waals surface area contributed by atoms with Gasteiger partial charge in [0.15, 0.2) is 0 Å². The van der Waals surface area contributed by atoms with E-state index in [0.29, 0.717) is 0 Å². The molecular formula is C18H15N5OS. The van der Waals surface area contributed by atoms with E-state index in [-0.39, 0.29) is 5.19 Å². The molecule has 0 atom stereocenters. The molecule has 124 valence electrons. The summed E-state index contributed by atoms with van der Waals surface area (Å²) in [5.74, 6) is 0.876. The zero-order valence-electron chi connectivity index (χ0n) is 13.5. The number of nitrogens with one attached hydrogen (secondary N) is 1. The third kappa shape index (κ3) is 2.27. The zero-order chi connectivity index (χ0) is 17.0. The van der Waals surface area contributed by atoms with Gasteiger partial charge in [-0.25, -0.2) is 9.97 Å². The number of rotatable bonds is 2. The van der Waals surface area contributed by atoms with Crippen LogP contribution in [0.4, 0.5) is 5.95 Å². The number of imidazole rings is 1. The first-order chi connectivity index (χ1) is 12.2. The molecule has 4 heterocycles. The number of benzene rings is 1. The second-order valence-electron chi connectivity index (χ2n) is 6.05. The molecule has 2 N–H and O–H groups in total. The summed E-state index contributed by atoms with van der Waals surface area (Å²) in [5, 5.41) is 13.1. The third-order valence-corrected chi connectivity index (χ3v) is 5.19. The summed E-state index contributed by atoms with van der Waals surface area (Å²) in [7, 11) is 0. The summed E-state index contributed by atoms with van der Waals surface area (Å²) in [6.07, 6.45) is 0. The number of hydrogen-bond donors (Lipinski definition) is 2. The first-order valence-electron chi connectivity index (χ1n) is 8.07. The van der Waals surface area contributed by atoms with Crippen LogP contribution in [0.5, 0.6) is 5.19 Å². The highest BCUT2D eigenvalue weighted by atomic mass is 32.1. The quantitative estimate of drug-likeness (QED) is 0.577.